The highest BCUT2D eigenvalue weighted by Crippen LogP contribution is 2.23. The summed E-state index contributed by atoms with van der Waals surface area (Å²) in [7, 11) is 0. The average Bonchev–Trinajstić information content (AvgIpc) is 2.76. The first-order chi connectivity index (χ1) is 8.71. The van der Waals surface area contributed by atoms with Gasteiger partial charge in [-0.15, -0.1) is 0 Å². The van der Waals surface area contributed by atoms with Crippen LogP contribution in [0, 0.1) is 0 Å². The van der Waals surface area contributed by atoms with E-state index in [9.17, 15) is 0 Å². The Labute approximate surface area is 115 Å². The van der Waals surface area contributed by atoms with Gasteiger partial charge in [-0.3, -0.25) is 4.68 Å². The maximum absolute atomic E-state index is 5.88. The summed E-state index contributed by atoms with van der Waals surface area (Å²) in [6.45, 7) is 2.96. The van der Waals surface area contributed by atoms with E-state index in [1.54, 1.807) is 12.3 Å². The van der Waals surface area contributed by atoms with Crippen molar-refractivity contribution >= 4 is 23.4 Å². The van der Waals surface area contributed by atoms with Crippen LogP contribution in [-0.4, -0.2) is 26.0 Å². The van der Waals surface area contributed by atoms with Crippen LogP contribution in [0.25, 0.3) is 0 Å². The van der Waals surface area contributed by atoms with Crippen LogP contribution in [0.1, 0.15) is 13.3 Å². The van der Waals surface area contributed by atoms with Crippen LogP contribution >= 0.6 is 23.4 Å². The Balaban J connectivity index is 2.14. The lowest BCUT2D eigenvalue weighted by atomic mass is 10.5. The summed E-state index contributed by atoms with van der Waals surface area (Å²) >= 11 is 7.30. The molecule has 0 atom stereocenters. The lowest BCUT2D eigenvalue weighted by molar-refractivity contribution is 0.454. The predicted octanol–water partition coefficient (Wildman–Crippen LogP) is 3.25. The molecule has 2 heterocycles. The zero-order valence-corrected chi connectivity index (χ0v) is 11.7. The molecule has 0 amide bonds. The van der Waals surface area contributed by atoms with E-state index in [1.165, 1.54) is 11.8 Å². The van der Waals surface area contributed by atoms with E-state index in [-0.39, 0.29) is 0 Å². The molecule has 96 valence electrons. The van der Waals surface area contributed by atoms with Gasteiger partial charge in [0.25, 0.3) is 0 Å². The van der Waals surface area contributed by atoms with Crippen molar-refractivity contribution in [3.63, 3.8) is 0 Å². The molecule has 2 rings (SSSR count). The highest BCUT2D eigenvalue weighted by Gasteiger charge is 2.06. The second-order valence-electron chi connectivity index (χ2n) is 3.56. The van der Waals surface area contributed by atoms with Crippen molar-refractivity contribution in [3.8, 4) is 11.6 Å². The van der Waals surface area contributed by atoms with Gasteiger partial charge in [-0.2, -0.15) is 10.1 Å². The van der Waals surface area contributed by atoms with Crippen LogP contribution in [0.15, 0.2) is 23.6 Å². The molecule has 0 saturated carbocycles. The fourth-order valence-corrected chi connectivity index (χ4v) is 1.98. The largest absolute Gasteiger partial charge is 0.436 e. The topological polar surface area (TPSA) is 52.8 Å². The van der Waals surface area contributed by atoms with Gasteiger partial charge in [-0.05, 0) is 12.7 Å². The van der Waals surface area contributed by atoms with Gasteiger partial charge in [0, 0.05) is 12.6 Å². The number of halogens is 1. The van der Waals surface area contributed by atoms with E-state index < -0.39 is 0 Å². The number of hydrogen-bond donors (Lipinski definition) is 0. The normalized spacial score (nSPS) is 10.6. The van der Waals surface area contributed by atoms with Gasteiger partial charge >= 0.3 is 0 Å². The van der Waals surface area contributed by atoms with Crippen molar-refractivity contribution in [1.29, 1.82) is 0 Å². The Morgan fingerprint density at radius 1 is 1.44 bits per heavy atom. The number of rotatable bonds is 5. The summed E-state index contributed by atoms with van der Waals surface area (Å²) in [5, 5.41) is 5.13. The molecule has 5 nitrogen and oxygen atoms in total. The Morgan fingerprint density at radius 3 is 3.00 bits per heavy atom. The summed E-state index contributed by atoms with van der Waals surface area (Å²) < 4.78 is 7.42. The number of aryl methyl sites for hydroxylation is 1. The van der Waals surface area contributed by atoms with Gasteiger partial charge in [0.2, 0.25) is 5.88 Å². The molecule has 7 heteroatoms. The van der Waals surface area contributed by atoms with Crippen molar-refractivity contribution in [2.24, 2.45) is 0 Å². The van der Waals surface area contributed by atoms with E-state index in [4.69, 9.17) is 16.3 Å². The van der Waals surface area contributed by atoms with Crippen molar-refractivity contribution in [3.05, 3.63) is 23.6 Å². The SMILES string of the molecule is CCCn1cc(Oc2cc(Cl)nc(SC)n2)cn1. The summed E-state index contributed by atoms with van der Waals surface area (Å²) in [6, 6.07) is 1.58. The van der Waals surface area contributed by atoms with E-state index in [0.717, 1.165) is 13.0 Å². The molecule has 0 aliphatic rings. The van der Waals surface area contributed by atoms with Crippen molar-refractivity contribution < 1.29 is 4.74 Å². The second-order valence-corrected chi connectivity index (χ2v) is 4.72. The van der Waals surface area contributed by atoms with E-state index >= 15 is 0 Å². The number of thioether (sulfide) groups is 1. The first-order valence-electron chi connectivity index (χ1n) is 5.50. The van der Waals surface area contributed by atoms with Crippen LogP contribution in [0.4, 0.5) is 0 Å². The standard InChI is InChI=1S/C11H13ClN4OS/c1-3-4-16-7-8(6-13-16)17-10-5-9(12)14-11(15-10)18-2/h5-7H,3-4H2,1-2H3. The molecule has 0 aliphatic heterocycles. The average molecular weight is 285 g/mol. The lowest BCUT2D eigenvalue weighted by Crippen LogP contribution is -1.95. The van der Waals surface area contributed by atoms with Gasteiger partial charge in [0.1, 0.15) is 5.15 Å². The molecule has 18 heavy (non-hydrogen) atoms. The second kappa shape index (κ2) is 6.06. The minimum atomic E-state index is 0.366. The van der Waals surface area contributed by atoms with E-state index in [1.807, 2.05) is 17.1 Å². The van der Waals surface area contributed by atoms with Gasteiger partial charge in [0.05, 0.1) is 12.4 Å². The number of hydrogen-bond acceptors (Lipinski definition) is 5. The molecule has 0 spiro atoms. The molecule has 0 aromatic carbocycles. The summed E-state index contributed by atoms with van der Waals surface area (Å²) in [4.78, 5) is 8.26. The van der Waals surface area contributed by atoms with Gasteiger partial charge in [-0.25, -0.2) is 4.98 Å². The first kappa shape index (κ1) is 13.2. The molecule has 0 radical (unpaired) electrons. The van der Waals surface area contributed by atoms with E-state index in [2.05, 4.69) is 22.0 Å². The van der Waals surface area contributed by atoms with Crippen LogP contribution in [0.5, 0.6) is 11.6 Å². The molecule has 2 aromatic rings. The van der Waals surface area contributed by atoms with E-state index in [0.29, 0.717) is 21.9 Å². The molecule has 0 bridgehead atoms. The number of aromatic nitrogens is 4. The maximum atomic E-state index is 5.88. The molecular formula is C11H13ClN4OS. The van der Waals surface area contributed by atoms with Gasteiger partial charge < -0.3 is 4.74 Å². The molecular weight excluding hydrogens is 272 g/mol. The molecule has 2 aromatic heterocycles. The van der Waals surface area contributed by atoms with Crippen LogP contribution in [0.2, 0.25) is 5.15 Å². The highest BCUT2D eigenvalue weighted by atomic mass is 35.5. The van der Waals surface area contributed by atoms with Gasteiger partial charge in [0.15, 0.2) is 10.9 Å². The van der Waals surface area contributed by atoms with Crippen molar-refractivity contribution in [2.45, 2.75) is 25.0 Å². The highest BCUT2D eigenvalue weighted by molar-refractivity contribution is 7.98. The summed E-state index contributed by atoms with van der Waals surface area (Å²) in [6.07, 6.45) is 6.40. The van der Waals surface area contributed by atoms with Crippen LogP contribution in [-0.2, 0) is 6.54 Å². The molecule has 0 saturated heterocycles. The Morgan fingerprint density at radius 2 is 2.28 bits per heavy atom. The molecule has 0 unspecified atom stereocenters. The quantitative estimate of drug-likeness (QED) is 0.479. The zero-order valence-electron chi connectivity index (χ0n) is 10.1. The van der Waals surface area contributed by atoms with Crippen molar-refractivity contribution in [2.75, 3.05) is 6.26 Å². The molecule has 0 aliphatic carbocycles. The molecule has 0 N–H and O–H groups in total. The fraction of sp³-hybridized carbons (Fsp3) is 0.364. The smallest absolute Gasteiger partial charge is 0.224 e. The number of ether oxygens (including phenoxy) is 1. The van der Waals surface area contributed by atoms with Crippen molar-refractivity contribution in [1.82, 2.24) is 19.7 Å². The fourth-order valence-electron chi connectivity index (χ4n) is 1.39. The minimum Gasteiger partial charge on any atom is -0.436 e. The lowest BCUT2D eigenvalue weighted by Gasteiger charge is -2.03. The summed E-state index contributed by atoms with van der Waals surface area (Å²) in [5.74, 6) is 1.07. The predicted molar refractivity (Wildman–Crippen MR) is 71.4 cm³/mol. The minimum absolute atomic E-state index is 0.366. The summed E-state index contributed by atoms with van der Waals surface area (Å²) in [5.41, 5.74) is 0. The monoisotopic (exact) mass is 284 g/mol. The third-order valence-electron chi connectivity index (χ3n) is 2.12. The van der Waals surface area contributed by atoms with Crippen LogP contribution < -0.4 is 4.74 Å². The third-order valence-corrected chi connectivity index (χ3v) is 2.86. The van der Waals surface area contributed by atoms with Crippen LogP contribution in [0.3, 0.4) is 0 Å². The third kappa shape index (κ3) is 3.36. The molecule has 0 fully saturated rings. The number of nitrogens with zero attached hydrogens (tertiary/aromatic N) is 4. The first-order valence-corrected chi connectivity index (χ1v) is 7.10. The Kier molecular flexibility index (Phi) is 4.43. The Bertz CT molecular complexity index is 532. The zero-order chi connectivity index (χ0) is 13.0. The maximum Gasteiger partial charge on any atom is 0.224 e. The Hall–Kier alpha value is -1.27. The van der Waals surface area contributed by atoms with Gasteiger partial charge in [-0.1, -0.05) is 30.3 Å².